The molecule has 1 amide bonds. The van der Waals surface area contributed by atoms with Crippen LogP contribution in [0, 0.1) is 15.9 Å². The Labute approximate surface area is 128 Å². The molecule has 112 valence electrons. The van der Waals surface area contributed by atoms with Crippen molar-refractivity contribution in [3.05, 3.63) is 57.4 Å². The fourth-order valence-corrected chi connectivity index (χ4v) is 3.17. The Balaban J connectivity index is 2.24. The quantitative estimate of drug-likeness (QED) is 0.630. The smallest absolute Gasteiger partial charge is 0.305 e. The van der Waals surface area contributed by atoms with Gasteiger partial charge in [-0.2, -0.15) is 0 Å². The van der Waals surface area contributed by atoms with Gasteiger partial charge >= 0.3 is 5.00 Å². The summed E-state index contributed by atoms with van der Waals surface area (Å²) in [5.74, 6) is -0.789. The number of hydrogen-bond acceptors (Lipinski definition) is 5. The predicted molar refractivity (Wildman–Crippen MR) is 81.3 cm³/mol. The minimum atomic E-state index is -0.531. The monoisotopic (exact) mass is 319 g/mol. The molecule has 0 atom stereocenters. The van der Waals surface area contributed by atoms with Gasteiger partial charge in [-0.05, 0) is 23.5 Å². The molecule has 0 unspecified atom stereocenters. The van der Waals surface area contributed by atoms with E-state index in [1.807, 2.05) is 0 Å². The molecule has 0 saturated carbocycles. The van der Waals surface area contributed by atoms with E-state index < -0.39 is 10.7 Å². The molecule has 22 heavy (non-hydrogen) atoms. The van der Waals surface area contributed by atoms with Crippen LogP contribution in [0.3, 0.4) is 0 Å². The molecule has 0 N–H and O–H groups in total. The highest BCUT2D eigenvalue weighted by atomic mass is 32.1. The summed E-state index contributed by atoms with van der Waals surface area (Å²) < 4.78 is 14.1. The summed E-state index contributed by atoms with van der Waals surface area (Å²) in [6.45, 7) is -0.130. The van der Waals surface area contributed by atoms with Crippen LogP contribution in [0.4, 0.5) is 14.4 Å². The van der Waals surface area contributed by atoms with E-state index in [1.165, 1.54) is 30.1 Å². The second-order valence-corrected chi connectivity index (χ2v) is 5.67. The van der Waals surface area contributed by atoms with Gasteiger partial charge in [0.25, 0.3) is 0 Å². The molecule has 0 fully saturated rings. The van der Waals surface area contributed by atoms with Crippen molar-refractivity contribution in [3.8, 4) is 0 Å². The molecule has 2 aromatic rings. The molecule has 3 rings (SSSR count). The molecule has 1 aromatic carbocycles. The molecule has 0 spiro atoms. The number of anilines is 1. The van der Waals surface area contributed by atoms with Crippen molar-refractivity contribution in [2.24, 2.45) is 4.99 Å². The van der Waals surface area contributed by atoms with E-state index >= 15 is 0 Å². The van der Waals surface area contributed by atoms with E-state index in [2.05, 4.69) is 4.99 Å². The van der Waals surface area contributed by atoms with Gasteiger partial charge in [-0.15, -0.1) is 0 Å². The first-order chi connectivity index (χ1) is 10.5. The number of fused-ring (bicyclic) bond motifs is 1. The topological polar surface area (TPSA) is 75.8 Å². The Morgan fingerprint density at radius 3 is 2.77 bits per heavy atom. The maximum Gasteiger partial charge on any atom is 0.326 e. The number of halogens is 1. The summed E-state index contributed by atoms with van der Waals surface area (Å²) in [6, 6.07) is 7.36. The molecule has 1 aliphatic rings. The third-order valence-electron chi connectivity index (χ3n) is 3.31. The first kappa shape index (κ1) is 14.3. The number of amides is 1. The van der Waals surface area contributed by atoms with Crippen LogP contribution in [0.5, 0.6) is 0 Å². The maximum absolute atomic E-state index is 14.1. The van der Waals surface area contributed by atoms with Crippen LogP contribution in [-0.2, 0) is 4.79 Å². The third kappa shape index (κ3) is 2.27. The summed E-state index contributed by atoms with van der Waals surface area (Å²) in [6.07, 6.45) is 0. The number of aliphatic imine (C=N–C) groups is 1. The average molecular weight is 319 g/mol. The maximum atomic E-state index is 14.1. The second-order valence-electron chi connectivity index (χ2n) is 4.66. The fraction of sp³-hybridized carbons (Fsp3) is 0.143. The zero-order valence-electron chi connectivity index (χ0n) is 11.4. The van der Waals surface area contributed by atoms with E-state index in [4.69, 9.17) is 0 Å². The SMILES string of the molecule is CN1C(=O)CN=C(c2ccccc2F)c2cc([N+](=O)[O-])sc21. The molecular weight excluding hydrogens is 309 g/mol. The van der Waals surface area contributed by atoms with Crippen molar-refractivity contribution in [2.45, 2.75) is 0 Å². The molecule has 0 radical (unpaired) electrons. The van der Waals surface area contributed by atoms with Crippen LogP contribution < -0.4 is 4.90 Å². The highest BCUT2D eigenvalue weighted by Gasteiger charge is 2.29. The number of thiophene rings is 1. The van der Waals surface area contributed by atoms with Crippen molar-refractivity contribution >= 4 is 33.0 Å². The van der Waals surface area contributed by atoms with E-state index in [0.29, 0.717) is 10.6 Å². The molecular formula is C14H10FN3O3S. The Hall–Kier alpha value is -2.61. The molecule has 2 heterocycles. The zero-order valence-corrected chi connectivity index (χ0v) is 12.3. The van der Waals surface area contributed by atoms with Gasteiger partial charge < -0.3 is 4.90 Å². The van der Waals surface area contributed by atoms with Crippen LogP contribution in [0.1, 0.15) is 11.1 Å². The summed E-state index contributed by atoms with van der Waals surface area (Å²) in [5, 5.41) is 11.3. The molecule has 0 aliphatic carbocycles. The lowest BCUT2D eigenvalue weighted by atomic mass is 10.0. The lowest BCUT2D eigenvalue weighted by molar-refractivity contribution is -0.380. The Kier molecular flexibility index (Phi) is 3.45. The van der Waals surface area contributed by atoms with Crippen molar-refractivity contribution < 1.29 is 14.1 Å². The van der Waals surface area contributed by atoms with Gasteiger partial charge in [0.05, 0.1) is 10.6 Å². The van der Waals surface area contributed by atoms with Crippen molar-refractivity contribution in [1.29, 1.82) is 0 Å². The molecule has 1 aromatic heterocycles. The Morgan fingerprint density at radius 2 is 2.09 bits per heavy atom. The van der Waals surface area contributed by atoms with E-state index in [9.17, 15) is 19.3 Å². The van der Waals surface area contributed by atoms with E-state index in [-0.39, 0.29) is 28.7 Å². The Morgan fingerprint density at radius 1 is 1.36 bits per heavy atom. The third-order valence-corrected chi connectivity index (χ3v) is 4.48. The number of likely N-dealkylation sites (N-methyl/N-ethyl adjacent to an activating group) is 1. The van der Waals surface area contributed by atoms with Crippen LogP contribution in [0.15, 0.2) is 35.3 Å². The highest BCUT2D eigenvalue weighted by Crippen LogP contribution is 2.38. The van der Waals surface area contributed by atoms with Crippen LogP contribution in [0.25, 0.3) is 0 Å². The van der Waals surface area contributed by atoms with Gasteiger partial charge in [0.1, 0.15) is 17.4 Å². The minimum absolute atomic E-state index is 0.115. The van der Waals surface area contributed by atoms with Crippen LogP contribution >= 0.6 is 11.3 Å². The molecule has 8 heteroatoms. The average Bonchev–Trinajstić information content (AvgIpc) is 2.89. The van der Waals surface area contributed by atoms with E-state index in [0.717, 1.165) is 11.3 Å². The summed E-state index contributed by atoms with van der Waals surface area (Å²) in [5.41, 5.74) is 0.879. The number of benzene rings is 1. The van der Waals surface area contributed by atoms with Crippen LogP contribution in [0.2, 0.25) is 0 Å². The largest absolute Gasteiger partial charge is 0.326 e. The van der Waals surface area contributed by atoms with Crippen molar-refractivity contribution in [1.82, 2.24) is 0 Å². The highest BCUT2D eigenvalue weighted by molar-refractivity contribution is 7.19. The standard InChI is InChI=1S/C14H10FN3O3S/c1-17-11(19)7-16-13(8-4-2-3-5-10(8)15)9-6-12(18(20)21)22-14(9)17/h2-6H,7H2,1H3. The number of carbonyl (C=O) groups excluding carboxylic acids is 1. The second kappa shape index (κ2) is 5.30. The van der Waals surface area contributed by atoms with Crippen molar-refractivity contribution in [3.63, 3.8) is 0 Å². The lowest BCUT2D eigenvalue weighted by Gasteiger charge is -2.13. The van der Waals surface area contributed by atoms with Gasteiger partial charge in [-0.1, -0.05) is 12.1 Å². The van der Waals surface area contributed by atoms with Gasteiger partial charge in [0.15, 0.2) is 0 Å². The van der Waals surface area contributed by atoms with Gasteiger partial charge in [-0.25, -0.2) is 4.39 Å². The van der Waals surface area contributed by atoms with Gasteiger partial charge in [0.2, 0.25) is 5.91 Å². The first-order valence-corrected chi connectivity index (χ1v) is 7.15. The molecule has 1 aliphatic heterocycles. The number of rotatable bonds is 2. The number of nitrogens with zero attached hydrogens (tertiary/aromatic N) is 3. The zero-order chi connectivity index (χ0) is 15.9. The minimum Gasteiger partial charge on any atom is -0.305 e. The number of nitro groups is 1. The lowest BCUT2D eigenvalue weighted by Crippen LogP contribution is -2.26. The van der Waals surface area contributed by atoms with E-state index in [1.54, 1.807) is 12.1 Å². The first-order valence-electron chi connectivity index (χ1n) is 6.33. The molecule has 0 saturated heterocycles. The Bertz CT molecular complexity index is 815. The number of carbonyl (C=O) groups is 1. The van der Waals surface area contributed by atoms with Crippen LogP contribution in [-0.4, -0.2) is 30.1 Å². The summed E-state index contributed by atoms with van der Waals surface area (Å²) in [7, 11) is 1.53. The van der Waals surface area contributed by atoms with Gasteiger partial charge in [-0.3, -0.25) is 19.9 Å². The molecule has 0 bridgehead atoms. The normalized spacial score (nSPS) is 14.4. The summed E-state index contributed by atoms with van der Waals surface area (Å²) >= 11 is 0.876. The van der Waals surface area contributed by atoms with Gasteiger partial charge in [0, 0.05) is 24.2 Å². The van der Waals surface area contributed by atoms with Crippen molar-refractivity contribution in [2.75, 3.05) is 18.5 Å². The fourth-order valence-electron chi connectivity index (χ4n) is 2.21. The summed E-state index contributed by atoms with van der Waals surface area (Å²) in [4.78, 5) is 27.9. The predicted octanol–water partition coefficient (Wildman–Crippen LogP) is 2.61. The molecule has 6 nitrogen and oxygen atoms in total. The number of hydrogen-bond donors (Lipinski definition) is 0.